The van der Waals surface area contributed by atoms with Gasteiger partial charge < -0.3 is 68.6 Å². The Morgan fingerprint density at radius 2 is 0.855 bits per heavy atom. The molecule has 2 aliphatic rings. The van der Waals surface area contributed by atoms with Crippen LogP contribution in [0.1, 0.15) is 153 Å². The van der Waals surface area contributed by atoms with Gasteiger partial charge in [-0.3, -0.25) is 33.9 Å². The fourth-order valence-corrected chi connectivity index (χ4v) is 13.1. The number of rotatable bonds is 43. The van der Waals surface area contributed by atoms with Crippen molar-refractivity contribution in [1.82, 2.24) is 20.6 Å². The number of hydrogen-bond acceptors (Lipinski definition) is 18. The molecule has 24 heteroatoms. The zero-order chi connectivity index (χ0) is 77.3. The summed E-state index contributed by atoms with van der Waals surface area (Å²) in [4.78, 5) is 89.4. The van der Waals surface area contributed by atoms with Gasteiger partial charge in [-0.15, -0.1) is 0 Å². The Kier molecular flexibility index (Phi) is 33.2. The molecule has 582 valence electrons. The fourth-order valence-electron chi connectivity index (χ4n) is 12.8. The van der Waals surface area contributed by atoms with E-state index in [-0.39, 0.29) is 81.8 Å². The molecule has 2 heterocycles. The van der Waals surface area contributed by atoms with E-state index in [0.29, 0.717) is 145 Å². The maximum atomic E-state index is 13.7. The van der Waals surface area contributed by atoms with Crippen LogP contribution in [0.15, 0.2) is 170 Å². The molecule has 110 heavy (non-hydrogen) atoms. The lowest BCUT2D eigenvalue weighted by molar-refractivity contribution is -0.180. The Morgan fingerprint density at radius 3 is 1.30 bits per heavy atom. The average molecular weight is 1540 g/mol. The standard InChI is InChI=1S/C86H98Cl2N6O16/c1-86(2,3)110-85(100)79(58-108-51-50-107-49-48-105-44-41-102-38-13-17-60-15-9-23-64(53-60)82(97)94-76-31-29-68(88)57-72(76)78-55-66(33-36-90-78)84(99)92-74-27-11-21-62-19-5-7-25-70(62)74)109-80(95)34-39-103-42-45-106-47-46-104-43-40-101-37-12-16-59-14-8-22-63(52-59)81(96)93-75-30-28-67(87)56-71(75)77-54-65(32-35-89-77)83(98)91-73-26-10-20-61-18-4-6-24-69(61)73/h4-9,14-15,18-19,22-25,28-33,35-36,52-57,73-74,79H,10-13,16-17,20-21,26-27,34,37-51,58H2,1-3H3,(H,91,98)(H,92,99)(H,93,96)(H,94,97)/t73-,74-,79-/m0/s1. The molecule has 0 spiro atoms. The van der Waals surface area contributed by atoms with Crippen molar-refractivity contribution in [2.75, 3.05) is 116 Å². The summed E-state index contributed by atoms with van der Waals surface area (Å²) in [5.41, 5.74) is 11.0. The zero-order valence-electron chi connectivity index (χ0n) is 62.7. The maximum Gasteiger partial charge on any atom is 0.350 e. The highest BCUT2D eigenvalue weighted by atomic mass is 35.5. The number of pyridine rings is 2. The van der Waals surface area contributed by atoms with E-state index >= 15 is 0 Å². The summed E-state index contributed by atoms with van der Waals surface area (Å²) in [6.07, 6.45) is 10.3. The van der Waals surface area contributed by atoms with Crippen molar-refractivity contribution in [3.8, 4) is 22.5 Å². The highest BCUT2D eigenvalue weighted by molar-refractivity contribution is 6.31. The normalized spacial score (nSPS) is 14.2. The summed E-state index contributed by atoms with van der Waals surface area (Å²) in [6.45, 7) is 9.67. The number of carbonyl (C=O) groups excluding carboxylic acids is 6. The SMILES string of the molecule is CC(C)(C)OC(=O)[C@H](COCCOCCOCCOCCCc1cccc(C(=O)Nc2ccc(Cl)cc2-c2cc(C(=O)N[C@H]3CCCc4ccccc43)ccn2)c1)OC(=O)CCOCCOCCOCCOCCCc1cccc(C(=O)Nc2ccc(Cl)cc2-c2cc(C(=O)N[C@H]3CCCc4ccccc43)ccn2)c1. The minimum atomic E-state index is -1.29. The number of anilines is 2. The molecule has 4 amide bonds. The van der Waals surface area contributed by atoms with E-state index in [9.17, 15) is 28.8 Å². The number of amides is 4. The van der Waals surface area contributed by atoms with E-state index < -0.39 is 23.6 Å². The third-order valence-electron chi connectivity index (χ3n) is 18.2. The number of carbonyl (C=O) groups is 6. The van der Waals surface area contributed by atoms with Crippen LogP contribution in [-0.2, 0) is 82.6 Å². The molecule has 0 saturated carbocycles. The van der Waals surface area contributed by atoms with Gasteiger partial charge in [0, 0.05) is 69.0 Å². The van der Waals surface area contributed by atoms with Crippen molar-refractivity contribution >= 4 is 70.1 Å². The molecule has 10 rings (SSSR count). The number of fused-ring (bicyclic) bond motifs is 2. The predicted molar refractivity (Wildman–Crippen MR) is 421 cm³/mol. The van der Waals surface area contributed by atoms with Gasteiger partial charge in [0.1, 0.15) is 5.60 Å². The predicted octanol–water partition coefficient (Wildman–Crippen LogP) is 14.6. The number of nitrogens with zero attached hydrogens (tertiary/aromatic N) is 2. The second-order valence-corrected chi connectivity index (χ2v) is 28.5. The van der Waals surface area contributed by atoms with Crippen molar-refractivity contribution in [2.45, 2.75) is 115 Å². The summed E-state index contributed by atoms with van der Waals surface area (Å²) in [6, 6.07) is 48.3. The number of esters is 2. The quantitative estimate of drug-likeness (QED) is 0.0204. The Labute approximate surface area is 653 Å². The number of aryl methyl sites for hydroxylation is 4. The van der Waals surface area contributed by atoms with Crippen LogP contribution in [0.5, 0.6) is 0 Å². The van der Waals surface area contributed by atoms with E-state index in [1.165, 1.54) is 11.1 Å². The third kappa shape index (κ3) is 27.0. The molecule has 0 unspecified atom stereocenters. The van der Waals surface area contributed by atoms with E-state index in [2.05, 4.69) is 55.5 Å². The highest BCUT2D eigenvalue weighted by Gasteiger charge is 2.30. The Morgan fingerprint density at radius 1 is 0.445 bits per heavy atom. The van der Waals surface area contributed by atoms with E-state index in [4.69, 9.17) is 70.6 Å². The molecule has 4 N–H and O–H groups in total. The first-order valence-electron chi connectivity index (χ1n) is 37.6. The topological polar surface area (TPSA) is 269 Å². The van der Waals surface area contributed by atoms with Crippen LogP contribution in [0, 0.1) is 0 Å². The van der Waals surface area contributed by atoms with Crippen LogP contribution in [-0.4, -0.2) is 163 Å². The van der Waals surface area contributed by atoms with Gasteiger partial charge in [-0.05, 0) is 203 Å². The molecule has 0 saturated heterocycles. The molecule has 8 aromatic rings. The molecule has 22 nitrogen and oxygen atoms in total. The van der Waals surface area contributed by atoms with Crippen LogP contribution in [0.3, 0.4) is 0 Å². The summed E-state index contributed by atoms with van der Waals surface area (Å²) >= 11 is 12.9. The van der Waals surface area contributed by atoms with Crippen LogP contribution < -0.4 is 21.3 Å². The summed E-state index contributed by atoms with van der Waals surface area (Å²) in [5.74, 6) is -2.39. The monoisotopic (exact) mass is 1540 g/mol. The van der Waals surface area contributed by atoms with Crippen molar-refractivity contribution < 1.29 is 76.1 Å². The third-order valence-corrected chi connectivity index (χ3v) is 18.7. The number of nitrogens with one attached hydrogen (secondary N) is 4. The lowest BCUT2D eigenvalue weighted by Crippen LogP contribution is -2.38. The molecule has 6 aromatic carbocycles. The summed E-state index contributed by atoms with van der Waals surface area (Å²) in [5, 5.41) is 13.4. The molecule has 0 radical (unpaired) electrons. The van der Waals surface area contributed by atoms with Gasteiger partial charge >= 0.3 is 11.9 Å². The maximum absolute atomic E-state index is 13.7. The number of hydrogen-bond donors (Lipinski definition) is 4. The van der Waals surface area contributed by atoms with Gasteiger partial charge in [0.25, 0.3) is 23.6 Å². The van der Waals surface area contributed by atoms with Gasteiger partial charge in [-0.1, -0.05) is 96.0 Å². The van der Waals surface area contributed by atoms with Gasteiger partial charge in [0.2, 0.25) is 6.10 Å². The van der Waals surface area contributed by atoms with E-state index in [1.54, 1.807) is 106 Å². The Bertz CT molecular complexity index is 4350. The first kappa shape index (κ1) is 83.2. The molecule has 2 aliphatic carbocycles. The molecule has 2 aromatic heterocycles. The Hall–Kier alpha value is -9.30. The molecular formula is C86H98Cl2N6O16. The lowest BCUT2D eigenvalue weighted by Gasteiger charge is -2.26. The Balaban J connectivity index is 0.520. The average Bonchev–Trinajstić information content (AvgIpc) is 0.810. The van der Waals surface area contributed by atoms with E-state index in [1.807, 2.05) is 60.7 Å². The van der Waals surface area contributed by atoms with Crippen LogP contribution in [0.2, 0.25) is 10.0 Å². The second-order valence-electron chi connectivity index (χ2n) is 27.6. The molecule has 3 atom stereocenters. The van der Waals surface area contributed by atoms with Gasteiger partial charge in [0.05, 0.1) is 134 Å². The van der Waals surface area contributed by atoms with Gasteiger partial charge in [-0.2, -0.15) is 0 Å². The first-order valence-corrected chi connectivity index (χ1v) is 38.4. The minimum absolute atomic E-state index is 0.0492. The number of ether oxygens (including phenoxy) is 10. The number of aromatic nitrogens is 2. The molecule has 0 bridgehead atoms. The highest BCUT2D eigenvalue weighted by Crippen LogP contribution is 2.35. The van der Waals surface area contributed by atoms with Gasteiger partial charge in [-0.25, -0.2) is 4.79 Å². The molecule has 0 aliphatic heterocycles. The zero-order valence-corrected chi connectivity index (χ0v) is 64.2. The number of benzene rings is 6. The fraction of sp³-hybridized carbons (Fsp3) is 0.395. The second kappa shape index (κ2) is 43.9. The minimum Gasteiger partial charge on any atom is -0.457 e. The van der Waals surface area contributed by atoms with Gasteiger partial charge in [0.15, 0.2) is 0 Å². The van der Waals surface area contributed by atoms with Crippen molar-refractivity contribution in [2.24, 2.45) is 0 Å². The first-order chi connectivity index (χ1) is 53.5. The summed E-state index contributed by atoms with van der Waals surface area (Å²) < 4.78 is 56.4. The number of halogens is 2. The lowest BCUT2D eigenvalue weighted by atomic mass is 9.87. The van der Waals surface area contributed by atoms with Crippen LogP contribution in [0.4, 0.5) is 11.4 Å². The van der Waals surface area contributed by atoms with Crippen molar-refractivity contribution in [3.05, 3.63) is 236 Å². The molecule has 0 fully saturated rings. The smallest absolute Gasteiger partial charge is 0.350 e. The van der Waals surface area contributed by atoms with Crippen molar-refractivity contribution in [3.63, 3.8) is 0 Å². The molecular weight excluding hydrogens is 1440 g/mol. The van der Waals surface area contributed by atoms with Crippen molar-refractivity contribution in [1.29, 1.82) is 0 Å². The van der Waals surface area contributed by atoms with E-state index in [0.717, 1.165) is 73.6 Å². The largest absolute Gasteiger partial charge is 0.457 e. The van der Waals surface area contributed by atoms with Crippen LogP contribution >= 0.6 is 23.2 Å². The summed E-state index contributed by atoms with van der Waals surface area (Å²) in [7, 11) is 0. The van der Waals surface area contributed by atoms with Crippen LogP contribution in [0.25, 0.3) is 22.5 Å².